The Morgan fingerprint density at radius 3 is 2.95 bits per heavy atom. The summed E-state index contributed by atoms with van der Waals surface area (Å²) in [6.45, 7) is 5.09. The highest BCUT2D eigenvalue weighted by Gasteiger charge is 2.25. The van der Waals surface area contributed by atoms with Gasteiger partial charge in [-0.15, -0.1) is 0 Å². The topological polar surface area (TPSA) is 45.1 Å². The van der Waals surface area contributed by atoms with Crippen molar-refractivity contribution < 1.29 is 5.11 Å². The van der Waals surface area contributed by atoms with Crippen LogP contribution in [0.5, 0.6) is 0 Å². The van der Waals surface area contributed by atoms with Gasteiger partial charge in [-0.3, -0.25) is 4.98 Å². The van der Waals surface area contributed by atoms with E-state index in [2.05, 4.69) is 29.4 Å². The molecule has 1 fully saturated rings. The Labute approximate surface area is 113 Å². The van der Waals surface area contributed by atoms with E-state index in [-0.39, 0.29) is 6.04 Å². The lowest BCUT2D eigenvalue weighted by Gasteiger charge is -2.20. The molecule has 0 spiro atoms. The quantitative estimate of drug-likeness (QED) is 0.868. The number of fused-ring (bicyclic) bond motifs is 1. The van der Waals surface area contributed by atoms with Crippen molar-refractivity contribution in [1.82, 2.24) is 10.3 Å². The lowest BCUT2D eigenvalue weighted by atomic mass is 9.97. The Morgan fingerprint density at radius 1 is 1.37 bits per heavy atom. The molecule has 2 aromatic rings. The molecule has 1 unspecified atom stereocenters. The number of hydrogen-bond donors (Lipinski definition) is 2. The van der Waals surface area contributed by atoms with Crippen LogP contribution in [0.25, 0.3) is 10.9 Å². The maximum absolute atomic E-state index is 10.6. The molecular formula is C16H20N2O. The zero-order valence-corrected chi connectivity index (χ0v) is 11.5. The number of aryl methyl sites for hydroxylation is 2. The van der Waals surface area contributed by atoms with Gasteiger partial charge >= 0.3 is 0 Å². The summed E-state index contributed by atoms with van der Waals surface area (Å²) in [4.78, 5) is 4.68. The van der Waals surface area contributed by atoms with Crippen LogP contribution in [-0.2, 0) is 0 Å². The summed E-state index contributed by atoms with van der Waals surface area (Å²) >= 11 is 0. The van der Waals surface area contributed by atoms with Crippen molar-refractivity contribution in [3.05, 3.63) is 41.1 Å². The Morgan fingerprint density at radius 2 is 2.21 bits per heavy atom. The second-order valence-corrected chi connectivity index (χ2v) is 5.46. The lowest BCUT2D eigenvalue weighted by molar-refractivity contribution is 0.139. The van der Waals surface area contributed by atoms with E-state index in [1.165, 1.54) is 5.56 Å². The van der Waals surface area contributed by atoms with Gasteiger partial charge in [0.15, 0.2) is 0 Å². The standard InChI is InChI=1S/C16H20N2O/c1-10-9-12-5-3-6-13(15(12)18-11(10)2)16(19)14-7-4-8-17-14/h3,5-6,9,14,16-17,19H,4,7-8H2,1-2H3/t14-,16?/m1/s1. The highest BCUT2D eigenvalue weighted by molar-refractivity contribution is 5.83. The second-order valence-electron chi connectivity index (χ2n) is 5.46. The minimum Gasteiger partial charge on any atom is -0.387 e. The summed E-state index contributed by atoms with van der Waals surface area (Å²) in [6, 6.07) is 8.37. The van der Waals surface area contributed by atoms with Crippen molar-refractivity contribution in [3.8, 4) is 0 Å². The fourth-order valence-corrected chi connectivity index (χ4v) is 2.86. The first-order chi connectivity index (χ1) is 9.16. The van der Waals surface area contributed by atoms with Gasteiger partial charge < -0.3 is 10.4 Å². The molecule has 2 N–H and O–H groups in total. The highest BCUT2D eigenvalue weighted by Crippen LogP contribution is 2.29. The van der Waals surface area contributed by atoms with Crippen LogP contribution in [0.2, 0.25) is 0 Å². The molecule has 0 aliphatic carbocycles. The predicted octanol–water partition coefficient (Wildman–Crippen LogP) is 2.64. The number of hydrogen-bond acceptors (Lipinski definition) is 3. The molecule has 0 amide bonds. The first kappa shape index (κ1) is 12.6. The molecule has 1 saturated heterocycles. The molecule has 1 aromatic carbocycles. The molecular weight excluding hydrogens is 236 g/mol. The van der Waals surface area contributed by atoms with Crippen LogP contribution >= 0.6 is 0 Å². The Balaban J connectivity index is 2.09. The molecule has 19 heavy (non-hydrogen) atoms. The van der Waals surface area contributed by atoms with Crippen LogP contribution in [0.4, 0.5) is 0 Å². The zero-order chi connectivity index (χ0) is 13.4. The Bertz CT molecular complexity index is 603. The van der Waals surface area contributed by atoms with Crippen LogP contribution in [0, 0.1) is 13.8 Å². The van der Waals surface area contributed by atoms with E-state index in [0.29, 0.717) is 0 Å². The fourth-order valence-electron chi connectivity index (χ4n) is 2.86. The molecule has 1 aliphatic heterocycles. The lowest BCUT2D eigenvalue weighted by Crippen LogP contribution is -2.28. The molecule has 3 nitrogen and oxygen atoms in total. The van der Waals surface area contributed by atoms with E-state index in [1.54, 1.807) is 0 Å². The zero-order valence-electron chi connectivity index (χ0n) is 11.5. The molecule has 2 heterocycles. The monoisotopic (exact) mass is 256 g/mol. The molecule has 3 rings (SSSR count). The van der Waals surface area contributed by atoms with Crippen LogP contribution in [-0.4, -0.2) is 22.7 Å². The number of nitrogens with zero attached hydrogens (tertiary/aromatic N) is 1. The van der Waals surface area contributed by atoms with Gasteiger partial charge in [-0.05, 0) is 44.9 Å². The summed E-state index contributed by atoms with van der Waals surface area (Å²) in [7, 11) is 0. The number of pyridine rings is 1. The largest absolute Gasteiger partial charge is 0.387 e. The first-order valence-corrected chi connectivity index (χ1v) is 6.95. The Hall–Kier alpha value is -1.45. The fraction of sp³-hybridized carbons (Fsp3) is 0.438. The van der Waals surface area contributed by atoms with Crippen molar-refractivity contribution >= 4 is 10.9 Å². The van der Waals surface area contributed by atoms with Crippen molar-refractivity contribution in [2.24, 2.45) is 0 Å². The predicted molar refractivity (Wildman–Crippen MR) is 77.2 cm³/mol. The number of para-hydroxylation sites is 1. The third-order valence-corrected chi connectivity index (χ3v) is 4.12. The number of aliphatic hydroxyl groups is 1. The van der Waals surface area contributed by atoms with Crippen LogP contribution in [0.1, 0.15) is 35.8 Å². The normalized spacial score (nSPS) is 20.9. The van der Waals surface area contributed by atoms with Gasteiger partial charge in [0.2, 0.25) is 0 Å². The minimum atomic E-state index is -0.471. The maximum atomic E-state index is 10.6. The third-order valence-electron chi connectivity index (χ3n) is 4.12. The van der Waals surface area contributed by atoms with Crippen molar-refractivity contribution in [3.63, 3.8) is 0 Å². The molecule has 1 aliphatic rings. The van der Waals surface area contributed by atoms with Crippen LogP contribution in [0.15, 0.2) is 24.3 Å². The minimum absolute atomic E-state index is 0.161. The van der Waals surface area contributed by atoms with E-state index in [1.807, 2.05) is 19.1 Å². The summed E-state index contributed by atoms with van der Waals surface area (Å²) in [5, 5.41) is 15.1. The first-order valence-electron chi connectivity index (χ1n) is 6.95. The third kappa shape index (κ3) is 2.24. The van der Waals surface area contributed by atoms with Gasteiger partial charge in [0, 0.05) is 22.7 Å². The van der Waals surface area contributed by atoms with E-state index in [4.69, 9.17) is 0 Å². The highest BCUT2D eigenvalue weighted by atomic mass is 16.3. The number of benzene rings is 1. The smallest absolute Gasteiger partial charge is 0.0963 e. The van der Waals surface area contributed by atoms with E-state index >= 15 is 0 Å². The van der Waals surface area contributed by atoms with Gasteiger partial charge in [0.05, 0.1) is 11.6 Å². The molecule has 0 saturated carbocycles. The molecule has 2 atom stereocenters. The van der Waals surface area contributed by atoms with Crippen LogP contribution in [0.3, 0.4) is 0 Å². The van der Waals surface area contributed by atoms with Crippen molar-refractivity contribution in [1.29, 1.82) is 0 Å². The summed E-state index contributed by atoms with van der Waals surface area (Å²) in [5.74, 6) is 0. The molecule has 0 bridgehead atoms. The van der Waals surface area contributed by atoms with Gasteiger partial charge in [0.1, 0.15) is 0 Å². The van der Waals surface area contributed by atoms with Gasteiger partial charge in [-0.1, -0.05) is 18.2 Å². The molecule has 3 heteroatoms. The molecule has 100 valence electrons. The van der Waals surface area contributed by atoms with E-state index < -0.39 is 6.10 Å². The van der Waals surface area contributed by atoms with E-state index in [9.17, 15) is 5.11 Å². The van der Waals surface area contributed by atoms with Crippen LogP contribution < -0.4 is 5.32 Å². The maximum Gasteiger partial charge on any atom is 0.0963 e. The molecule has 0 radical (unpaired) electrons. The average Bonchev–Trinajstić information content (AvgIpc) is 2.92. The summed E-state index contributed by atoms with van der Waals surface area (Å²) < 4.78 is 0. The van der Waals surface area contributed by atoms with Gasteiger partial charge in [-0.25, -0.2) is 0 Å². The average molecular weight is 256 g/mol. The SMILES string of the molecule is Cc1cc2cccc(C(O)[C@H]3CCCN3)c2nc1C. The molecule has 1 aromatic heterocycles. The Kier molecular flexibility index (Phi) is 3.25. The van der Waals surface area contributed by atoms with Gasteiger partial charge in [0.25, 0.3) is 0 Å². The van der Waals surface area contributed by atoms with E-state index in [0.717, 1.165) is 41.5 Å². The number of aliphatic hydroxyl groups excluding tert-OH is 1. The number of rotatable bonds is 2. The van der Waals surface area contributed by atoms with Crippen molar-refractivity contribution in [2.45, 2.75) is 38.8 Å². The van der Waals surface area contributed by atoms with Crippen molar-refractivity contribution in [2.75, 3.05) is 6.54 Å². The summed E-state index contributed by atoms with van der Waals surface area (Å²) in [5.41, 5.74) is 4.11. The van der Waals surface area contributed by atoms with Gasteiger partial charge in [-0.2, -0.15) is 0 Å². The second kappa shape index (κ2) is 4.91. The summed E-state index contributed by atoms with van der Waals surface area (Å²) in [6.07, 6.45) is 1.70. The number of nitrogens with one attached hydrogen (secondary N) is 1. The number of aromatic nitrogens is 1.